The van der Waals surface area contributed by atoms with Crippen molar-refractivity contribution < 1.29 is 13.3 Å². The Balaban J connectivity index is 2.08. The van der Waals surface area contributed by atoms with Crippen molar-refractivity contribution in [2.75, 3.05) is 12.3 Å². The number of aromatic amines is 1. The lowest BCUT2D eigenvalue weighted by atomic mass is 10.3. The number of nitrogen functional groups attached to an aromatic ring is 1. The summed E-state index contributed by atoms with van der Waals surface area (Å²) in [6.45, 7) is 0.106. The first-order chi connectivity index (χ1) is 9.90. The minimum Gasteiger partial charge on any atom is -0.393 e. The van der Waals surface area contributed by atoms with Crippen LogP contribution in [0.15, 0.2) is 29.4 Å². The molecule has 0 atom stereocenters. The lowest BCUT2D eigenvalue weighted by molar-refractivity contribution is -0.383. The molecule has 0 unspecified atom stereocenters. The topological polar surface area (TPSA) is 157 Å². The molecule has 2 rings (SSSR count). The van der Waals surface area contributed by atoms with Crippen molar-refractivity contribution in [2.24, 2.45) is 0 Å². The first-order valence-corrected chi connectivity index (χ1v) is 7.26. The van der Waals surface area contributed by atoms with Crippen LogP contribution in [0.25, 0.3) is 0 Å². The summed E-state index contributed by atoms with van der Waals surface area (Å²) in [5.41, 5.74) is 4.92. The number of benzene rings is 1. The summed E-state index contributed by atoms with van der Waals surface area (Å²) in [5.74, 6) is 0.543. The number of nitrogens with two attached hydrogens (primary N) is 1. The highest BCUT2D eigenvalue weighted by atomic mass is 32.2. The van der Waals surface area contributed by atoms with Crippen molar-refractivity contribution >= 4 is 21.4 Å². The second-order valence-corrected chi connectivity index (χ2v) is 5.82. The first kappa shape index (κ1) is 14.9. The molecule has 4 N–H and O–H groups in total. The largest absolute Gasteiger partial charge is 0.393 e. The second-order valence-electron chi connectivity index (χ2n) is 4.06. The van der Waals surface area contributed by atoms with Gasteiger partial charge in [0.2, 0.25) is 10.0 Å². The number of aromatic nitrogens is 3. The van der Waals surface area contributed by atoms with Gasteiger partial charge < -0.3 is 5.73 Å². The molecule has 1 heterocycles. The third kappa shape index (κ3) is 3.52. The van der Waals surface area contributed by atoms with E-state index in [1.807, 2.05) is 0 Å². The van der Waals surface area contributed by atoms with E-state index in [2.05, 4.69) is 19.9 Å². The van der Waals surface area contributed by atoms with Crippen LogP contribution in [-0.2, 0) is 16.4 Å². The van der Waals surface area contributed by atoms with Gasteiger partial charge in [0.15, 0.2) is 0 Å². The lowest BCUT2D eigenvalue weighted by Gasteiger charge is -2.06. The fraction of sp³-hybridized carbons (Fsp3) is 0.200. The normalized spacial score (nSPS) is 11.4. The summed E-state index contributed by atoms with van der Waals surface area (Å²) in [6.07, 6.45) is 1.66. The van der Waals surface area contributed by atoms with E-state index < -0.39 is 14.9 Å². The number of anilines is 1. The van der Waals surface area contributed by atoms with E-state index in [1.165, 1.54) is 6.33 Å². The number of hydrogen-bond acceptors (Lipinski definition) is 7. The molecule has 21 heavy (non-hydrogen) atoms. The zero-order chi connectivity index (χ0) is 15.5. The third-order valence-electron chi connectivity index (χ3n) is 2.62. The first-order valence-electron chi connectivity index (χ1n) is 5.78. The Kier molecular flexibility index (Phi) is 4.14. The summed E-state index contributed by atoms with van der Waals surface area (Å²) in [6, 6.07) is 3.24. The maximum Gasteiger partial charge on any atom is 0.292 e. The number of H-pyrrole nitrogens is 1. The standard InChI is InChI=1S/C10H12N6O4S/c11-8-5-7(1-2-9(8)16(17)18)21(19,20)14-4-3-10-12-6-13-15-10/h1-2,5-6,14H,3-4,11H2,(H,12,13,15). The highest BCUT2D eigenvalue weighted by Crippen LogP contribution is 2.24. The van der Waals surface area contributed by atoms with Crippen LogP contribution in [0.4, 0.5) is 11.4 Å². The number of rotatable bonds is 6. The number of nitrogens with zero attached hydrogens (tertiary/aromatic N) is 3. The monoisotopic (exact) mass is 312 g/mol. The highest BCUT2D eigenvalue weighted by molar-refractivity contribution is 7.89. The molecule has 0 fully saturated rings. The number of nitro benzene ring substituents is 1. The molecular weight excluding hydrogens is 300 g/mol. The van der Waals surface area contributed by atoms with Gasteiger partial charge in [-0.3, -0.25) is 15.2 Å². The van der Waals surface area contributed by atoms with Crippen molar-refractivity contribution in [3.05, 3.63) is 40.5 Å². The molecule has 0 saturated carbocycles. The lowest BCUT2D eigenvalue weighted by Crippen LogP contribution is -2.26. The number of nitro groups is 1. The van der Waals surface area contributed by atoms with Crippen LogP contribution in [0.1, 0.15) is 5.82 Å². The molecule has 0 aliphatic heterocycles. The molecule has 1 aromatic carbocycles. The predicted octanol–water partition coefficient (Wildman–Crippen LogP) is -0.184. The Morgan fingerprint density at radius 1 is 1.43 bits per heavy atom. The number of nitrogens with one attached hydrogen (secondary N) is 2. The van der Waals surface area contributed by atoms with Gasteiger partial charge in [-0.05, 0) is 12.1 Å². The summed E-state index contributed by atoms with van der Waals surface area (Å²) >= 11 is 0. The SMILES string of the molecule is Nc1cc(S(=O)(=O)NCCc2ncn[nH]2)ccc1[N+](=O)[O-]. The average molecular weight is 312 g/mol. The minimum atomic E-state index is -3.79. The van der Waals surface area contributed by atoms with Crippen LogP contribution in [-0.4, -0.2) is 35.1 Å². The van der Waals surface area contributed by atoms with Crippen LogP contribution in [0.3, 0.4) is 0 Å². The van der Waals surface area contributed by atoms with Crippen molar-refractivity contribution in [3.8, 4) is 0 Å². The smallest absolute Gasteiger partial charge is 0.292 e. The van der Waals surface area contributed by atoms with E-state index in [4.69, 9.17) is 5.73 Å². The zero-order valence-corrected chi connectivity index (χ0v) is 11.5. The van der Waals surface area contributed by atoms with Crippen molar-refractivity contribution in [3.63, 3.8) is 0 Å². The van der Waals surface area contributed by atoms with Crippen LogP contribution in [0, 0.1) is 10.1 Å². The molecular formula is C10H12N6O4S. The van der Waals surface area contributed by atoms with Crippen LogP contribution < -0.4 is 10.5 Å². The van der Waals surface area contributed by atoms with Gasteiger partial charge in [0.1, 0.15) is 17.8 Å². The fourth-order valence-corrected chi connectivity index (χ4v) is 2.67. The molecule has 112 valence electrons. The summed E-state index contributed by atoms with van der Waals surface area (Å²) in [4.78, 5) is 13.7. The molecule has 0 bridgehead atoms. The van der Waals surface area contributed by atoms with E-state index in [0.29, 0.717) is 12.2 Å². The highest BCUT2D eigenvalue weighted by Gasteiger charge is 2.18. The Hall–Kier alpha value is -2.53. The summed E-state index contributed by atoms with van der Waals surface area (Å²) in [5, 5.41) is 16.9. The maximum absolute atomic E-state index is 12.0. The molecule has 0 aliphatic rings. The molecule has 0 amide bonds. The van der Waals surface area contributed by atoms with E-state index >= 15 is 0 Å². The van der Waals surface area contributed by atoms with E-state index in [-0.39, 0.29) is 22.8 Å². The number of sulfonamides is 1. The van der Waals surface area contributed by atoms with Crippen molar-refractivity contribution in [2.45, 2.75) is 11.3 Å². The van der Waals surface area contributed by atoms with Gasteiger partial charge in [0.25, 0.3) is 5.69 Å². The third-order valence-corrected chi connectivity index (χ3v) is 4.08. The fourth-order valence-electron chi connectivity index (χ4n) is 1.60. The molecule has 0 aliphatic carbocycles. The van der Waals surface area contributed by atoms with Crippen molar-refractivity contribution in [1.82, 2.24) is 19.9 Å². The molecule has 2 aromatic rings. The van der Waals surface area contributed by atoms with Gasteiger partial charge in [-0.15, -0.1) is 0 Å². The van der Waals surface area contributed by atoms with Gasteiger partial charge in [-0.1, -0.05) is 0 Å². The Morgan fingerprint density at radius 2 is 2.19 bits per heavy atom. The van der Waals surface area contributed by atoms with E-state index in [9.17, 15) is 18.5 Å². The summed E-state index contributed by atoms with van der Waals surface area (Å²) in [7, 11) is -3.79. The predicted molar refractivity (Wildman–Crippen MR) is 72.8 cm³/mol. The quantitative estimate of drug-likeness (QED) is 0.379. The van der Waals surface area contributed by atoms with Gasteiger partial charge in [0, 0.05) is 19.0 Å². The summed E-state index contributed by atoms with van der Waals surface area (Å²) < 4.78 is 26.4. The Labute approximate surface area is 119 Å². The van der Waals surface area contributed by atoms with Gasteiger partial charge >= 0.3 is 0 Å². The van der Waals surface area contributed by atoms with Crippen LogP contribution in [0.2, 0.25) is 0 Å². The van der Waals surface area contributed by atoms with E-state index in [1.54, 1.807) is 0 Å². The average Bonchev–Trinajstić information content (AvgIpc) is 2.91. The van der Waals surface area contributed by atoms with Crippen LogP contribution >= 0.6 is 0 Å². The minimum absolute atomic E-state index is 0.106. The van der Waals surface area contributed by atoms with Gasteiger partial charge in [-0.2, -0.15) is 5.10 Å². The molecule has 0 saturated heterocycles. The number of hydrogen-bond donors (Lipinski definition) is 3. The molecule has 0 spiro atoms. The van der Waals surface area contributed by atoms with E-state index in [0.717, 1.165) is 18.2 Å². The molecule has 1 aromatic heterocycles. The Morgan fingerprint density at radius 3 is 2.76 bits per heavy atom. The zero-order valence-electron chi connectivity index (χ0n) is 10.7. The second kappa shape index (κ2) is 5.85. The van der Waals surface area contributed by atoms with Crippen molar-refractivity contribution in [1.29, 1.82) is 0 Å². The van der Waals surface area contributed by atoms with Gasteiger partial charge in [-0.25, -0.2) is 18.1 Å². The molecule has 10 nitrogen and oxygen atoms in total. The molecule has 11 heteroatoms. The molecule has 0 radical (unpaired) electrons. The maximum atomic E-state index is 12.0. The van der Waals surface area contributed by atoms with Crippen LogP contribution in [0.5, 0.6) is 0 Å². The van der Waals surface area contributed by atoms with Gasteiger partial charge in [0.05, 0.1) is 9.82 Å². The Bertz CT molecular complexity index is 743.